The van der Waals surface area contributed by atoms with Crippen molar-refractivity contribution in [2.45, 2.75) is 62.3 Å². The normalized spacial score (nSPS) is 17.1. The lowest BCUT2D eigenvalue weighted by Crippen LogP contribution is -2.31. The quantitative estimate of drug-likeness (QED) is 0.325. The van der Waals surface area contributed by atoms with Gasteiger partial charge in [0.25, 0.3) is 5.56 Å². The van der Waals surface area contributed by atoms with Gasteiger partial charge in [0.15, 0.2) is 0 Å². The molecule has 1 aliphatic carbocycles. The second-order valence-electron chi connectivity index (χ2n) is 8.46. The van der Waals surface area contributed by atoms with E-state index in [0.29, 0.717) is 13.2 Å². The molecule has 1 unspecified atom stereocenters. The van der Waals surface area contributed by atoms with Crippen LogP contribution in [0.3, 0.4) is 0 Å². The zero-order chi connectivity index (χ0) is 23.0. The molecular formula is C24H28BrNO5S. The van der Waals surface area contributed by atoms with E-state index >= 15 is 0 Å². The van der Waals surface area contributed by atoms with Crippen molar-refractivity contribution in [3.63, 3.8) is 0 Å². The van der Waals surface area contributed by atoms with Crippen LogP contribution in [-0.4, -0.2) is 37.0 Å². The van der Waals surface area contributed by atoms with E-state index in [2.05, 4.69) is 22.9 Å². The van der Waals surface area contributed by atoms with Gasteiger partial charge < -0.3 is 18.8 Å². The summed E-state index contributed by atoms with van der Waals surface area (Å²) in [6.45, 7) is 6.90. The van der Waals surface area contributed by atoms with E-state index in [1.54, 1.807) is 38.8 Å². The van der Waals surface area contributed by atoms with Gasteiger partial charge in [0.05, 0.1) is 22.9 Å². The molecule has 6 nitrogen and oxygen atoms in total. The molecule has 32 heavy (non-hydrogen) atoms. The van der Waals surface area contributed by atoms with E-state index in [4.69, 9.17) is 14.2 Å². The number of esters is 1. The number of fused-ring (bicyclic) bond motifs is 3. The molecule has 2 aromatic rings. The predicted molar refractivity (Wildman–Crippen MR) is 129 cm³/mol. The first-order chi connectivity index (χ1) is 15.3. The number of thioether (sulfide) groups is 1. The summed E-state index contributed by atoms with van der Waals surface area (Å²) in [5.41, 5.74) is 2.75. The zero-order valence-electron chi connectivity index (χ0n) is 18.8. The van der Waals surface area contributed by atoms with Gasteiger partial charge in [-0.2, -0.15) is 0 Å². The number of hydrogen-bond donors (Lipinski definition) is 0. The molecule has 8 heteroatoms. The Bertz CT molecular complexity index is 1090. The van der Waals surface area contributed by atoms with Crippen LogP contribution in [0.4, 0.5) is 0 Å². The molecule has 172 valence electrons. The number of benzene rings is 1. The average Bonchev–Trinajstić information content (AvgIpc) is 3.56. The van der Waals surface area contributed by atoms with Crippen molar-refractivity contribution in [1.29, 1.82) is 0 Å². The van der Waals surface area contributed by atoms with Crippen LogP contribution >= 0.6 is 27.7 Å². The number of carbonyl (C=O) groups excluding carboxylic acids is 1. The number of rotatable bonds is 8. The Balaban J connectivity index is 1.80. The highest BCUT2D eigenvalue weighted by atomic mass is 79.9. The molecule has 1 aliphatic heterocycles. The Morgan fingerprint density at radius 1 is 1.25 bits per heavy atom. The Hall–Kier alpha value is -1.77. The van der Waals surface area contributed by atoms with Crippen molar-refractivity contribution in [3.05, 3.63) is 44.2 Å². The highest BCUT2D eigenvalue weighted by Gasteiger charge is 2.35. The van der Waals surface area contributed by atoms with Gasteiger partial charge in [-0.05, 0) is 73.3 Å². The van der Waals surface area contributed by atoms with Crippen LogP contribution in [0.25, 0.3) is 11.3 Å². The van der Waals surface area contributed by atoms with Crippen molar-refractivity contribution < 1.29 is 19.0 Å². The minimum Gasteiger partial charge on any atom is -0.492 e. The number of carbonyl (C=O) groups is 1. The Labute approximate surface area is 200 Å². The summed E-state index contributed by atoms with van der Waals surface area (Å²) < 4.78 is 19.1. The smallest absolute Gasteiger partial charge is 0.344 e. The summed E-state index contributed by atoms with van der Waals surface area (Å²) >= 11 is 5.35. The van der Waals surface area contributed by atoms with Crippen molar-refractivity contribution >= 4 is 33.7 Å². The minimum atomic E-state index is -0.550. The SMILES string of the molecule is COCCCOc1cc2c(cc1Br)-c1c(cc(C(=O)OC(C)C)c(=O)n1C1CC1)C(C)S2. The van der Waals surface area contributed by atoms with Gasteiger partial charge >= 0.3 is 5.97 Å². The molecular weight excluding hydrogens is 494 g/mol. The molecule has 0 amide bonds. The predicted octanol–water partition coefficient (Wildman–Crippen LogP) is 5.76. The fourth-order valence-electron chi connectivity index (χ4n) is 3.92. The number of halogens is 1. The van der Waals surface area contributed by atoms with Crippen LogP contribution in [0.5, 0.6) is 5.75 Å². The fourth-order valence-corrected chi connectivity index (χ4v) is 5.53. The summed E-state index contributed by atoms with van der Waals surface area (Å²) in [6.07, 6.45) is 2.41. The number of hydrogen-bond acceptors (Lipinski definition) is 6. The van der Waals surface area contributed by atoms with Gasteiger partial charge in [0, 0.05) is 41.9 Å². The van der Waals surface area contributed by atoms with Crippen molar-refractivity contribution in [1.82, 2.24) is 4.57 Å². The maximum atomic E-state index is 13.4. The van der Waals surface area contributed by atoms with Gasteiger partial charge in [-0.15, -0.1) is 11.8 Å². The molecule has 1 aromatic heterocycles. The lowest BCUT2D eigenvalue weighted by Gasteiger charge is -2.29. The number of nitrogens with zero attached hydrogens (tertiary/aromatic N) is 1. The van der Waals surface area contributed by atoms with Crippen LogP contribution in [0, 0.1) is 0 Å². The van der Waals surface area contributed by atoms with Crippen molar-refractivity contribution in [2.24, 2.45) is 0 Å². The lowest BCUT2D eigenvalue weighted by molar-refractivity contribution is 0.0375. The first-order valence-electron chi connectivity index (χ1n) is 10.9. The summed E-state index contributed by atoms with van der Waals surface area (Å²) in [5.74, 6) is 0.228. The van der Waals surface area contributed by atoms with Gasteiger partial charge in [-0.1, -0.05) is 0 Å². The first kappa shape index (κ1) is 23.4. The van der Waals surface area contributed by atoms with Crippen LogP contribution in [-0.2, 0) is 9.47 Å². The standard InChI is InChI=1S/C24H28BrNO5S/c1-13(2)31-24(28)18-10-16-14(3)32-21-12-20(30-9-5-8-29-4)19(25)11-17(21)22(16)26(23(18)27)15-6-7-15/h10-15H,5-9H2,1-4H3. The average molecular weight is 522 g/mol. The topological polar surface area (TPSA) is 66.8 Å². The Kier molecular flexibility index (Phi) is 7.03. The van der Waals surface area contributed by atoms with E-state index in [0.717, 1.165) is 51.2 Å². The van der Waals surface area contributed by atoms with Gasteiger partial charge in [-0.3, -0.25) is 4.79 Å². The summed E-state index contributed by atoms with van der Waals surface area (Å²) in [4.78, 5) is 27.2. The van der Waals surface area contributed by atoms with Crippen LogP contribution in [0.2, 0.25) is 0 Å². The second kappa shape index (κ2) is 9.61. The molecule has 0 spiro atoms. The third-order valence-electron chi connectivity index (χ3n) is 5.52. The molecule has 2 aliphatic rings. The summed E-state index contributed by atoms with van der Waals surface area (Å²) in [6, 6.07) is 5.93. The largest absolute Gasteiger partial charge is 0.492 e. The molecule has 1 saturated carbocycles. The number of pyridine rings is 1. The van der Waals surface area contributed by atoms with Crippen LogP contribution in [0.1, 0.15) is 67.2 Å². The lowest BCUT2D eigenvalue weighted by atomic mass is 9.99. The monoisotopic (exact) mass is 521 g/mol. The minimum absolute atomic E-state index is 0.0798. The number of methoxy groups -OCH3 is 1. The molecule has 0 N–H and O–H groups in total. The Morgan fingerprint density at radius 3 is 2.66 bits per heavy atom. The molecule has 0 bridgehead atoms. The van der Waals surface area contributed by atoms with Crippen LogP contribution in [0.15, 0.2) is 32.4 Å². The summed E-state index contributed by atoms with van der Waals surface area (Å²) in [5, 5.41) is 0.0798. The highest BCUT2D eigenvalue weighted by molar-refractivity contribution is 9.10. The van der Waals surface area contributed by atoms with E-state index < -0.39 is 5.97 Å². The van der Waals surface area contributed by atoms with Crippen LogP contribution < -0.4 is 10.3 Å². The van der Waals surface area contributed by atoms with E-state index in [1.165, 1.54) is 0 Å². The van der Waals surface area contributed by atoms with Gasteiger partial charge in [0.1, 0.15) is 11.3 Å². The maximum Gasteiger partial charge on any atom is 0.344 e. The molecule has 0 radical (unpaired) electrons. The first-order valence-corrected chi connectivity index (χ1v) is 12.6. The third-order valence-corrected chi connectivity index (χ3v) is 7.34. The third kappa shape index (κ3) is 4.63. The van der Waals surface area contributed by atoms with Crippen molar-refractivity contribution in [2.75, 3.05) is 20.3 Å². The molecule has 0 saturated heterocycles. The number of ether oxygens (including phenoxy) is 3. The van der Waals surface area contributed by atoms with Gasteiger partial charge in [0.2, 0.25) is 0 Å². The second-order valence-corrected chi connectivity index (χ2v) is 10.7. The molecule has 1 atom stereocenters. The van der Waals surface area contributed by atoms with Crippen molar-refractivity contribution in [3.8, 4) is 17.0 Å². The van der Waals surface area contributed by atoms with E-state index in [9.17, 15) is 9.59 Å². The number of aromatic nitrogens is 1. The van der Waals surface area contributed by atoms with E-state index in [1.807, 2.05) is 16.7 Å². The van der Waals surface area contributed by atoms with E-state index in [-0.39, 0.29) is 28.5 Å². The molecule has 2 heterocycles. The zero-order valence-corrected chi connectivity index (χ0v) is 21.2. The maximum absolute atomic E-state index is 13.4. The fraction of sp³-hybridized carbons (Fsp3) is 0.500. The molecule has 4 rings (SSSR count). The highest BCUT2D eigenvalue weighted by Crippen LogP contribution is 2.52. The van der Waals surface area contributed by atoms with Gasteiger partial charge in [-0.25, -0.2) is 4.79 Å². The summed E-state index contributed by atoms with van der Waals surface area (Å²) in [7, 11) is 1.68. The molecule has 1 aromatic carbocycles. The Morgan fingerprint density at radius 2 is 2.00 bits per heavy atom. The molecule has 1 fully saturated rings.